The van der Waals surface area contributed by atoms with Crippen LogP contribution in [0.4, 0.5) is 0 Å². The minimum Gasteiger partial charge on any atom is -0.339 e. The van der Waals surface area contributed by atoms with Crippen molar-refractivity contribution >= 4 is 11.6 Å². The molecule has 1 aromatic heterocycles. The molecule has 2 aromatic carbocycles. The molecule has 5 nitrogen and oxygen atoms in total. The predicted molar refractivity (Wildman–Crippen MR) is 95.2 cm³/mol. The quantitative estimate of drug-likeness (QED) is 0.660. The summed E-state index contributed by atoms with van der Waals surface area (Å²) in [4.78, 5) is 31.1. The number of fused-ring (bicyclic) bond motifs is 1. The van der Waals surface area contributed by atoms with E-state index in [9.17, 15) is 9.59 Å². The molecule has 0 radical (unpaired) electrons. The molecule has 0 N–H and O–H groups in total. The van der Waals surface area contributed by atoms with Crippen molar-refractivity contribution in [1.82, 2.24) is 10.1 Å². The largest absolute Gasteiger partial charge is 0.339 e. The normalized spacial score (nSPS) is 15.3. The first-order chi connectivity index (χ1) is 12.7. The second-order valence-electron chi connectivity index (χ2n) is 6.51. The molecule has 0 aliphatic heterocycles. The number of ketones is 2. The Hall–Kier alpha value is -3.08. The summed E-state index contributed by atoms with van der Waals surface area (Å²) in [5.41, 5.74) is 0.215. The summed E-state index contributed by atoms with van der Waals surface area (Å²) < 4.78 is 5.36. The first kappa shape index (κ1) is 16.4. The summed E-state index contributed by atoms with van der Waals surface area (Å²) in [5, 5.41) is 3.96. The third kappa shape index (κ3) is 2.39. The molecular formula is C21H18N2O3. The highest BCUT2D eigenvalue weighted by atomic mass is 16.5. The van der Waals surface area contributed by atoms with Crippen LogP contribution in [0.2, 0.25) is 0 Å². The van der Waals surface area contributed by atoms with Crippen molar-refractivity contribution < 1.29 is 14.1 Å². The number of aryl methyl sites for hydroxylation is 1. The highest BCUT2D eigenvalue weighted by Gasteiger charge is 2.54. The van der Waals surface area contributed by atoms with Gasteiger partial charge in [-0.1, -0.05) is 66.7 Å². The van der Waals surface area contributed by atoms with E-state index in [2.05, 4.69) is 10.1 Å². The second kappa shape index (κ2) is 6.33. The highest BCUT2D eigenvalue weighted by Crippen LogP contribution is 2.42. The molecule has 0 atom stereocenters. The molecule has 1 aliphatic rings. The van der Waals surface area contributed by atoms with Crippen LogP contribution >= 0.6 is 0 Å². The lowest BCUT2D eigenvalue weighted by molar-refractivity contribution is 0.0783. The zero-order valence-electron chi connectivity index (χ0n) is 14.4. The molecule has 0 saturated carbocycles. The van der Waals surface area contributed by atoms with Gasteiger partial charge in [0.25, 0.3) is 0 Å². The molecule has 1 aliphatic carbocycles. The molecule has 4 rings (SSSR count). The molecular weight excluding hydrogens is 328 g/mol. The zero-order chi connectivity index (χ0) is 18.1. The van der Waals surface area contributed by atoms with E-state index in [1.165, 1.54) is 0 Å². The molecule has 0 amide bonds. The minimum atomic E-state index is -1.35. The smallest absolute Gasteiger partial charge is 0.228 e. The Morgan fingerprint density at radius 1 is 0.923 bits per heavy atom. The van der Waals surface area contributed by atoms with Crippen molar-refractivity contribution in [3.05, 3.63) is 83.0 Å². The monoisotopic (exact) mass is 346 g/mol. The van der Waals surface area contributed by atoms with Crippen molar-refractivity contribution in [2.75, 3.05) is 0 Å². The molecule has 5 heteroatoms. The molecule has 3 aromatic rings. The van der Waals surface area contributed by atoms with E-state index in [1.807, 2.05) is 37.3 Å². The van der Waals surface area contributed by atoms with Gasteiger partial charge in [-0.2, -0.15) is 4.98 Å². The Morgan fingerprint density at radius 3 is 2.15 bits per heavy atom. The van der Waals surface area contributed by atoms with E-state index in [0.717, 1.165) is 6.42 Å². The Balaban J connectivity index is 1.84. The third-order valence-corrected chi connectivity index (χ3v) is 4.86. The van der Waals surface area contributed by atoms with Crippen LogP contribution in [0.25, 0.3) is 0 Å². The lowest BCUT2D eigenvalue weighted by atomic mass is 9.73. The number of benzene rings is 2. The van der Waals surface area contributed by atoms with E-state index in [0.29, 0.717) is 34.8 Å². The molecule has 0 spiro atoms. The van der Waals surface area contributed by atoms with Crippen LogP contribution in [-0.4, -0.2) is 21.7 Å². The first-order valence-electron chi connectivity index (χ1n) is 8.72. The van der Waals surface area contributed by atoms with Crippen LogP contribution < -0.4 is 0 Å². The van der Waals surface area contributed by atoms with Gasteiger partial charge in [0.15, 0.2) is 17.4 Å². The number of carbonyl (C=O) groups excluding carboxylic acids is 2. The second-order valence-corrected chi connectivity index (χ2v) is 6.51. The average Bonchev–Trinajstić information content (AvgIpc) is 3.20. The third-order valence-electron chi connectivity index (χ3n) is 4.86. The van der Waals surface area contributed by atoms with E-state index in [-0.39, 0.29) is 18.0 Å². The van der Waals surface area contributed by atoms with Gasteiger partial charge in [0.1, 0.15) is 5.41 Å². The number of aromatic nitrogens is 2. The molecule has 1 heterocycles. The summed E-state index contributed by atoms with van der Waals surface area (Å²) in [6, 6.07) is 16.1. The summed E-state index contributed by atoms with van der Waals surface area (Å²) in [7, 11) is 0. The van der Waals surface area contributed by atoms with Crippen LogP contribution in [0.5, 0.6) is 0 Å². The standard InChI is InChI=1S/C21H18N2O3/c1-2-8-17-22-18(26-23-17)13-21(14-9-4-3-5-10-14)19(24)15-11-6-7-12-16(15)20(21)25/h3-7,9-12H,2,8,13H2,1H3. The summed E-state index contributed by atoms with van der Waals surface area (Å²) in [6.45, 7) is 2.03. The van der Waals surface area contributed by atoms with Gasteiger partial charge in [-0.15, -0.1) is 0 Å². The molecule has 0 saturated heterocycles. The lowest BCUT2D eigenvalue weighted by Crippen LogP contribution is -2.40. The summed E-state index contributed by atoms with van der Waals surface area (Å²) >= 11 is 0. The topological polar surface area (TPSA) is 73.1 Å². The van der Waals surface area contributed by atoms with Gasteiger partial charge in [0.2, 0.25) is 5.89 Å². The number of hydrogen-bond donors (Lipinski definition) is 0. The fourth-order valence-corrected chi connectivity index (χ4v) is 3.60. The van der Waals surface area contributed by atoms with Gasteiger partial charge in [-0.05, 0) is 12.0 Å². The minimum absolute atomic E-state index is 0.0695. The molecule has 26 heavy (non-hydrogen) atoms. The number of rotatable bonds is 5. The van der Waals surface area contributed by atoms with Gasteiger partial charge in [-0.3, -0.25) is 9.59 Å². The fourth-order valence-electron chi connectivity index (χ4n) is 3.60. The zero-order valence-corrected chi connectivity index (χ0v) is 14.4. The Bertz CT molecular complexity index is 941. The van der Waals surface area contributed by atoms with Gasteiger partial charge in [0.05, 0.1) is 6.42 Å². The average molecular weight is 346 g/mol. The van der Waals surface area contributed by atoms with Crippen molar-refractivity contribution in [2.24, 2.45) is 0 Å². The lowest BCUT2D eigenvalue weighted by Gasteiger charge is -2.24. The van der Waals surface area contributed by atoms with E-state index in [1.54, 1.807) is 24.3 Å². The number of nitrogens with zero attached hydrogens (tertiary/aromatic N) is 2. The molecule has 0 unspecified atom stereocenters. The van der Waals surface area contributed by atoms with E-state index < -0.39 is 5.41 Å². The van der Waals surface area contributed by atoms with Gasteiger partial charge < -0.3 is 4.52 Å². The van der Waals surface area contributed by atoms with E-state index in [4.69, 9.17) is 4.52 Å². The van der Waals surface area contributed by atoms with Crippen molar-refractivity contribution in [3.8, 4) is 0 Å². The number of carbonyl (C=O) groups is 2. The molecule has 0 fully saturated rings. The maximum Gasteiger partial charge on any atom is 0.228 e. The summed E-state index contributed by atoms with van der Waals surface area (Å²) in [6.07, 6.45) is 1.66. The Labute approximate surface area is 151 Å². The SMILES string of the molecule is CCCc1noc(CC2(c3ccccc3)C(=O)c3ccccc3C2=O)n1. The molecule has 130 valence electrons. The fraction of sp³-hybridized carbons (Fsp3) is 0.238. The van der Waals surface area contributed by atoms with E-state index >= 15 is 0 Å². The highest BCUT2D eigenvalue weighted by molar-refractivity contribution is 6.33. The van der Waals surface area contributed by atoms with Crippen molar-refractivity contribution in [2.45, 2.75) is 31.6 Å². The van der Waals surface area contributed by atoms with Crippen molar-refractivity contribution in [1.29, 1.82) is 0 Å². The van der Waals surface area contributed by atoms with Crippen LogP contribution in [0.3, 0.4) is 0 Å². The van der Waals surface area contributed by atoms with Crippen LogP contribution in [-0.2, 0) is 18.3 Å². The van der Waals surface area contributed by atoms with Crippen LogP contribution in [0.1, 0.15) is 51.3 Å². The maximum absolute atomic E-state index is 13.4. The maximum atomic E-state index is 13.4. The van der Waals surface area contributed by atoms with Gasteiger partial charge in [-0.25, -0.2) is 0 Å². The van der Waals surface area contributed by atoms with Gasteiger partial charge in [0, 0.05) is 17.5 Å². The molecule has 0 bridgehead atoms. The summed E-state index contributed by atoms with van der Waals surface area (Å²) in [5.74, 6) is 0.493. The number of Topliss-reactive ketones (excluding diaryl/α,β-unsaturated/α-hetero) is 2. The first-order valence-corrected chi connectivity index (χ1v) is 8.72. The Kier molecular flexibility index (Phi) is 3.99. The van der Waals surface area contributed by atoms with Crippen LogP contribution in [0.15, 0.2) is 59.1 Å². The van der Waals surface area contributed by atoms with Crippen LogP contribution in [0, 0.1) is 0 Å². The van der Waals surface area contributed by atoms with Gasteiger partial charge >= 0.3 is 0 Å². The Morgan fingerprint density at radius 2 is 1.54 bits per heavy atom. The number of hydrogen-bond acceptors (Lipinski definition) is 5. The van der Waals surface area contributed by atoms with Crippen molar-refractivity contribution in [3.63, 3.8) is 0 Å². The predicted octanol–water partition coefficient (Wildman–Crippen LogP) is 3.58.